The lowest BCUT2D eigenvalue weighted by Gasteiger charge is -2.35. The Morgan fingerprint density at radius 3 is 2.42 bits per heavy atom. The molecule has 2 heterocycles. The third kappa shape index (κ3) is 3.96. The van der Waals surface area contributed by atoms with Crippen molar-refractivity contribution in [3.63, 3.8) is 0 Å². The van der Waals surface area contributed by atoms with Gasteiger partial charge in [-0.25, -0.2) is 4.39 Å². The molecular formula is C20H23FN2O2S. The number of piperidine rings is 1. The zero-order valence-corrected chi connectivity index (χ0v) is 15.8. The molecular weight excluding hydrogens is 351 g/mol. The fourth-order valence-corrected chi connectivity index (χ4v) is 4.02. The number of carbonyl (C=O) groups excluding carboxylic acids is 2. The third-order valence-corrected chi connectivity index (χ3v) is 6.00. The van der Waals surface area contributed by atoms with Gasteiger partial charge in [-0.1, -0.05) is 18.2 Å². The van der Waals surface area contributed by atoms with E-state index in [0.29, 0.717) is 25.9 Å². The van der Waals surface area contributed by atoms with Crippen LogP contribution in [0.15, 0.2) is 41.8 Å². The second-order valence-corrected chi connectivity index (χ2v) is 7.67. The van der Waals surface area contributed by atoms with E-state index in [1.165, 1.54) is 23.5 Å². The molecule has 0 bridgehead atoms. The van der Waals surface area contributed by atoms with Gasteiger partial charge in [-0.15, -0.1) is 11.3 Å². The van der Waals surface area contributed by atoms with E-state index in [4.69, 9.17) is 0 Å². The molecule has 2 aromatic rings. The average molecular weight is 374 g/mol. The molecule has 6 heteroatoms. The van der Waals surface area contributed by atoms with Crippen LogP contribution in [0, 0.1) is 11.7 Å². The molecule has 0 unspecified atom stereocenters. The van der Waals surface area contributed by atoms with Gasteiger partial charge < -0.3 is 9.80 Å². The fourth-order valence-electron chi connectivity index (χ4n) is 3.33. The van der Waals surface area contributed by atoms with Crippen LogP contribution >= 0.6 is 11.3 Å². The number of carbonyl (C=O) groups is 2. The predicted octanol–water partition coefficient (Wildman–Crippen LogP) is 3.96. The smallest absolute Gasteiger partial charge is 0.263 e. The van der Waals surface area contributed by atoms with Gasteiger partial charge >= 0.3 is 0 Å². The average Bonchev–Trinajstić information content (AvgIpc) is 3.21. The second kappa shape index (κ2) is 7.99. The van der Waals surface area contributed by atoms with Crippen LogP contribution in [0.5, 0.6) is 0 Å². The summed E-state index contributed by atoms with van der Waals surface area (Å²) in [5.41, 5.74) is 0.910. The van der Waals surface area contributed by atoms with Gasteiger partial charge in [-0.2, -0.15) is 0 Å². The van der Waals surface area contributed by atoms with Crippen LogP contribution in [0.1, 0.15) is 41.0 Å². The third-order valence-electron chi connectivity index (χ3n) is 5.14. The van der Waals surface area contributed by atoms with E-state index in [-0.39, 0.29) is 29.6 Å². The summed E-state index contributed by atoms with van der Waals surface area (Å²) < 4.78 is 13.1. The molecule has 1 atom stereocenters. The number of rotatable bonds is 4. The molecule has 0 aliphatic carbocycles. The standard InChI is InChI=1S/C20H23FN2O2S/c1-14(15-5-7-17(21)8-6-15)22(2)19(24)16-9-11-23(12-10-16)20(25)18-4-3-13-26-18/h3-8,13-14,16H,9-12H2,1-2H3/t14-/m1/s1. The molecule has 1 aliphatic heterocycles. The van der Waals surface area contributed by atoms with E-state index in [1.807, 2.05) is 29.3 Å². The Kier molecular flexibility index (Phi) is 5.71. The Balaban J connectivity index is 1.57. The number of hydrogen-bond acceptors (Lipinski definition) is 3. The summed E-state index contributed by atoms with van der Waals surface area (Å²) >= 11 is 1.45. The van der Waals surface area contributed by atoms with Crippen LogP contribution in [0.25, 0.3) is 0 Å². The molecule has 1 aliphatic rings. The van der Waals surface area contributed by atoms with Crippen molar-refractivity contribution < 1.29 is 14.0 Å². The van der Waals surface area contributed by atoms with Crippen molar-refractivity contribution in [3.8, 4) is 0 Å². The Morgan fingerprint density at radius 2 is 1.85 bits per heavy atom. The zero-order valence-electron chi connectivity index (χ0n) is 15.0. The number of thiophene rings is 1. The number of hydrogen-bond donors (Lipinski definition) is 0. The van der Waals surface area contributed by atoms with Crippen molar-refractivity contribution in [3.05, 3.63) is 58.0 Å². The summed E-state index contributed by atoms with van der Waals surface area (Å²) in [5.74, 6) is -0.211. The van der Waals surface area contributed by atoms with Crippen LogP contribution in [0.4, 0.5) is 4.39 Å². The van der Waals surface area contributed by atoms with Crippen molar-refractivity contribution in [2.45, 2.75) is 25.8 Å². The minimum Gasteiger partial charge on any atom is -0.339 e. The monoisotopic (exact) mass is 374 g/mol. The maximum atomic E-state index is 13.1. The van der Waals surface area contributed by atoms with Gasteiger partial charge in [0.25, 0.3) is 5.91 Å². The van der Waals surface area contributed by atoms with Gasteiger partial charge in [-0.3, -0.25) is 9.59 Å². The maximum absolute atomic E-state index is 13.1. The molecule has 2 amide bonds. The predicted molar refractivity (Wildman–Crippen MR) is 101 cm³/mol. The summed E-state index contributed by atoms with van der Waals surface area (Å²) in [6, 6.07) is 9.85. The Labute approximate surface area is 157 Å². The van der Waals surface area contributed by atoms with Gasteiger partial charge in [0.05, 0.1) is 10.9 Å². The SMILES string of the molecule is C[C@H](c1ccc(F)cc1)N(C)C(=O)C1CCN(C(=O)c2cccs2)CC1. The van der Waals surface area contributed by atoms with E-state index in [1.54, 1.807) is 24.1 Å². The van der Waals surface area contributed by atoms with Crippen LogP contribution in [0.2, 0.25) is 0 Å². The maximum Gasteiger partial charge on any atom is 0.263 e. The highest BCUT2D eigenvalue weighted by atomic mass is 32.1. The highest BCUT2D eigenvalue weighted by molar-refractivity contribution is 7.12. The molecule has 0 spiro atoms. The minimum absolute atomic E-state index is 0.0546. The van der Waals surface area contributed by atoms with Crippen molar-refractivity contribution in [2.75, 3.05) is 20.1 Å². The van der Waals surface area contributed by atoms with Crippen molar-refractivity contribution in [1.29, 1.82) is 0 Å². The van der Waals surface area contributed by atoms with Crippen LogP contribution in [-0.2, 0) is 4.79 Å². The summed E-state index contributed by atoms with van der Waals surface area (Å²) in [5, 5.41) is 1.90. The molecule has 0 saturated carbocycles. The summed E-state index contributed by atoms with van der Waals surface area (Å²) in [6.07, 6.45) is 1.35. The van der Waals surface area contributed by atoms with Crippen LogP contribution in [-0.4, -0.2) is 41.8 Å². The normalized spacial score (nSPS) is 16.3. The molecule has 138 valence electrons. The highest BCUT2D eigenvalue weighted by Crippen LogP contribution is 2.26. The molecule has 1 saturated heterocycles. The number of halogens is 1. The second-order valence-electron chi connectivity index (χ2n) is 6.72. The minimum atomic E-state index is -0.280. The lowest BCUT2D eigenvalue weighted by Crippen LogP contribution is -2.43. The molecule has 3 rings (SSSR count). The van der Waals surface area contributed by atoms with E-state index in [9.17, 15) is 14.0 Å². The first-order chi connectivity index (χ1) is 12.5. The van der Waals surface area contributed by atoms with Crippen molar-refractivity contribution in [1.82, 2.24) is 9.80 Å². The van der Waals surface area contributed by atoms with Gasteiger partial charge in [0, 0.05) is 26.1 Å². The van der Waals surface area contributed by atoms with E-state index in [0.717, 1.165) is 10.4 Å². The Morgan fingerprint density at radius 1 is 1.19 bits per heavy atom. The number of nitrogens with zero attached hydrogens (tertiary/aromatic N) is 2. The molecule has 26 heavy (non-hydrogen) atoms. The highest BCUT2D eigenvalue weighted by Gasteiger charge is 2.31. The van der Waals surface area contributed by atoms with Gasteiger partial charge in [-0.05, 0) is 48.9 Å². The Hall–Kier alpha value is -2.21. The number of amides is 2. The Bertz CT molecular complexity index is 753. The molecule has 1 aromatic carbocycles. The van der Waals surface area contributed by atoms with E-state index < -0.39 is 0 Å². The van der Waals surface area contributed by atoms with Crippen molar-refractivity contribution in [2.24, 2.45) is 5.92 Å². The first kappa shape index (κ1) is 18.6. The summed E-state index contributed by atoms with van der Waals surface area (Å²) in [7, 11) is 1.79. The first-order valence-electron chi connectivity index (χ1n) is 8.82. The number of likely N-dealkylation sites (tertiary alicyclic amines) is 1. The molecule has 0 N–H and O–H groups in total. The molecule has 4 nitrogen and oxygen atoms in total. The van der Waals surface area contributed by atoms with E-state index >= 15 is 0 Å². The van der Waals surface area contributed by atoms with Gasteiger partial charge in [0.15, 0.2) is 0 Å². The van der Waals surface area contributed by atoms with Crippen LogP contribution in [0.3, 0.4) is 0 Å². The lowest BCUT2D eigenvalue weighted by molar-refractivity contribution is -0.137. The first-order valence-corrected chi connectivity index (χ1v) is 9.70. The molecule has 1 aromatic heterocycles. The van der Waals surface area contributed by atoms with Crippen molar-refractivity contribution >= 4 is 23.2 Å². The van der Waals surface area contributed by atoms with E-state index in [2.05, 4.69) is 0 Å². The zero-order chi connectivity index (χ0) is 18.7. The van der Waals surface area contributed by atoms with Gasteiger partial charge in [0.2, 0.25) is 5.91 Å². The van der Waals surface area contributed by atoms with Gasteiger partial charge in [0.1, 0.15) is 5.82 Å². The quantitative estimate of drug-likeness (QED) is 0.813. The summed E-state index contributed by atoms with van der Waals surface area (Å²) in [6.45, 7) is 3.15. The summed E-state index contributed by atoms with van der Waals surface area (Å²) in [4.78, 5) is 29.5. The topological polar surface area (TPSA) is 40.6 Å². The molecule has 1 fully saturated rings. The molecule has 0 radical (unpaired) electrons. The number of benzene rings is 1. The van der Waals surface area contributed by atoms with Crippen LogP contribution < -0.4 is 0 Å². The fraction of sp³-hybridized carbons (Fsp3) is 0.400. The lowest BCUT2D eigenvalue weighted by atomic mass is 9.94. The largest absolute Gasteiger partial charge is 0.339 e.